The maximum atomic E-state index is 9.37. The molecule has 0 bridgehead atoms. The molecule has 0 aromatic heterocycles. The third-order valence-corrected chi connectivity index (χ3v) is 5.53. The Morgan fingerprint density at radius 2 is 1.64 bits per heavy atom. The van der Waals surface area contributed by atoms with Crippen LogP contribution in [-0.4, -0.2) is 29.6 Å². The van der Waals surface area contributed by atoms with Crippen LogP contribution in [0.2, 0.25) is 0 Å². The van der Waals surface area contributed by atoms with Gasteiger partial charge in [0.1, 0.15) is 5.75 Å². The third kappa shape index (κ3) is 5.89. The molecule has 1 N–H and O–H groups in total. The summed E-state index contributed by atoms with van der Waals surface area (Å²) in [5.41, 5.74) is 2.82. The number of hydrogen-bond acceptors (Lipinski definition) is 2. The van der Waals surface area contributed by atoms with Crippen LogP contribution in [0.1, 0.15) is 37.3 Å². The fourth-order valence-corrected chi connectivity index (χ4v) is 3.90. The van der Waals surface area contributed by atoms with E-state index < -0.39 is 0 Å². The highest BCUT2D eigenvalue weighted by molar-refractivity contribution is 5.26. The Labute approximate surface area is 152 Å². The van der Waals surface area contributed by atoms with E-state index in [2.05, 4.69) is 42.2 Å². The predicted molar refractivity (Wildman–Crippen MR) is 105 cm³/mol. The van der Waals surface area contributed by atoms with Gasteiger partial charge in [-0.05, 0) is 86.8 Å². The molecule has 1 aliphatic heterocycles. The van der Waals surface area contributed by atoms with Crippen LogP contribution in [0.5, 0.6) is 5.75 Å². The lowest BCUT2D eigenvalue weighted by atomic mass is 9.90. The van der Waals surface area contributed by atoms with Crippen molar-refractivity contribution in [1.29, 1.82) is 0 Å². The van der Waals surface area contributed by atoms with Gasteiger partial charge in [0.05, 0.1) is 0 Å². The fraction of sp³-hybridized carbons (Fsp3) is 0.478. The molecule has 0 aliphatic carbocycles. The topological polar surface area (TPSA) is 23.5 Å². The zero-order valence-electron chi connectivity index (χ0n) is 15.4. The normalized spacial score (nSPS) is 17.5. The molecule has 0 spiro atoms. The molecule has 3 rings (SSSR count). The van der Waals surface area contributed by atoms with Gasteiger partial charge in [0.2, 0.25) is 0 Å². The van der Waals surface area contributed by atoms with Crippen LogP contribution >= 0.6 is 0 Å². The van der Waals surface area contributed by atoms with E-state index in [0.29, 0.717) is 11.7 Å². The molecular formula is C23H31NO. The lowest BCUT2D eigenvalue weighted by molar-refractivity contribution is 0.175. The quantitative estimate of drug-likeness (QED) is 0.775. The highest BCUT2D eigenvalue weighted by Gasteiger charge is 2.19. The van der Waals surface area contributed by atoms with Crippen molar-refractivity contribution in [2.24, 2.45) is 11.8 Å². The smallest absolute Gasteiger partial charge is 0.115 e. The van der Waals surface area contributed by atoms with Gasteiger partial charge in [0.25, 0.3) is 0 Å². The van der Waals surface area contributed by atoms with Crippen LogP contribution in [0.15, 0.2) is 54.6 Å². The van der Waals surface area contributed by atoms with Gasteiger partial charge in [-0.25, -0.2) is 0 Å². The predicted octanol–water partition coefficient (Wildman–Crippen LogP) is 4.92. The number of phenols is 1. The summed E-state index contributed by atoms with van der Waals surface area (Å²) in [5.74, 6) is 1.90. The first kappa shape index (κ1) is 18.0. The maximum Gasteiger partial charge on any atom is 0.115 e. The molecule has 1 fully saturated rings. The van der Waals surface area contributed by atoms with E-state index in [0.717, 1.165) is 12.3 Å². The Bertz CT molecular complexity index is 614. The van der Waals surface area contributed by atoms with Crippen molar-refractivity contribution in [2.75, 3.05) is 19.6 Å². The Morgan fingerprint density at radius 1 is 0.960 bits per heavy atom. The van der Waals surface area contributed by atoms with Crippen LogP contribution in [0.4, 0.5) is 0 Å². The molecular weight excluding hydrogens is 306 g/mol. The Balaban J connectivity index is 1.35. The summed E-state index contributed by atoms with van der Waals surface area (Å²) in [4.78, 5) is 2.65. The average molecular weight is 338 g/mol. The highest BCUT2D eigenvalue weighted by Crippen LogP contribution is 2.23. The molecule has 1 aliphatic rings. The second-order valence-corrected chi connectivity index (χ2v) is 7.74. The monoisotopic (exact) mass is 337 g/mol. The molecule has 2 heteroatoms. The van der Waals surface area contributed by atoms with Crippen LogP contribution < -0.4 is 0 Å². The van der Waals surface area contributed by atoms with E-state index in [-0.39, 0.29) is 0 Å². The van der Waals surface area contributed by atoms with E-state index in [1.807, 2.05) is 12.1 Å². The Kier molecular flexibility index (Phi) is 6.52. The summed E-state index contributed by atoms with van der Waals surface area (Å²) in [6.45, 7) is 6.07. The largest absolute Gasteiger partial charge is 0.508 e. The van der Waals surface area contributed by atoms with Crippen LogP contribution in [-0.2, 0) is 12.8 Å². The van der Waals surface area contributed by atoms with Crippen LogP contribution in [0, 0.1) is 11.8 Å². The summed E-state index contributed by atoms with van der Waals surface area (Å²) in [6.07, 6.45) is 6.27. The van der Waals surface area contributed by atoms with Crippen molar-refractivity contribution in [2.45, 2.75) is 39.0 Å². The molecule has 2 aromatic carbocycles. The zero-order chi connectivity index (χ0) is 17.5. The van der Waals surface area contributed by atoms with Gasteiger partial charge in [-0.2, -0.15) is 0 Å². The van der Waals surface area contributed by atoms with E-state index in [1.165, 1.54) is 56.4 Å². The van der Waals surface area contributed by atoms with Gasteiger partial charge >= 0.3 is 0 Å². The lowest BCUT2D eigenvalue weighted by Crippen LogP contribution is -2.35. The number of piperidine rings is 1. The maximum absolute atomic E-state index is 9.37. The Hall–Kier alpha value is -1.80. The molecule has 1 heterocycles. The lowest BCUT2D eigenvalue weighted by Gasteiger charge is -2.32. The van der Waals surface area contributed by atoms with E-state index in [4.69, 9.17) is 0 Å². The molecule has 0 amide bonds. The first-order valence-corrected chi connectivity index (χ1v) is 9.73. The second kappa shape index (κ2) is 9.05. The number of nitrogens with zero attached hydrogens (tertiary/aromatic N) is 1. The second-order valence-electron chi connectivity index (χ2n) is 7.74. The standard InChI is InChI=1S/C23H31NO/c1-19(17-21-7-9-23(25)10-8-21)11-14-24-15-12-22(13-16-24)18-20-5-3-2-4-6-20/h2-10,19,22,25H,11-18H2,1H3. The van der Waals surface area contributed by atoms with Gasteiger partial charge in [-0.3, -0.25) is 0 Å². The van der Waals surface area contributed by atoms with Crippen molar-refractivity contribution in [1.82, 2.24) is 4.90 Å². The molecule has 2 nitrogen and oxygen atoms in total. The summed E-state index contributed by atoms with van der Waals surface area (Å²) < 4.78 is 0. The average Bonchev–Trinajstić information content (AvgIpc) is 2.64. The van der Waals surface area contributed by atoms with Crippen LogP contribution in [0.3, 0.4) is 0 Å². The van der Waals surface area contributed by atoms with Gasteiger partial charge in [-0.15, -0.1) is 0 Å². The van der Waals surface area contributed by atoms with Gasteiger partial charge in [0, 0.05) is 0 Å². The number of hydrogen-bond donors (Lipinski definition) is 1. The molecule has 1 saturated heterocycles. The van der Waals surface area contributed by atoms with Crippen molar-refractivity contribution in [3.8, 4) is 5.75 Å². The van der Waals surface area contributed by atoms with E-state index in [1.54, 1.807) is 12.1 Å². The first-order chi connectivity index (χ1) is 12.2. The van der Waals surface area contributed by atoms with Crippen molar-refractivity contribution in [3.63, 3.8) is 0 Å². The summed E-state index contributed by atoms with van der Waals surface area (Å²) >= 11 is 0. The molecule has 1 atom stereocenters. The minimum Gasteiger partial charge on any atom is -0.508 e. The highest BCUT2D eigenvalue weighted by atomic mass is 16.3. The third-order valence-electron chi connectivity index (χ3n) is 5.53. The van der Waals surface area contributed by atoms with E-state index in [9.17, 15) is 5.11 Å². The van der Waals surface area contributed by atoms with E-state index >= 15 is 0 Å². The van der Waals surface area contributed by atoms with Crippen molar-refractivity contribution >= 4 is 0 Å². The summed E-state index contributed by atoms with van der Waals surface area (Å²) in [5, 5.41) is 9.37. The van der Waals surface area contributed by atoms with Crippen LogP contribution in [0.25, 0.3) is 0 Å². The number of benzene rings is 2. The SMILES string of the molecule is CC(CCN1CCC(Cc2ccccc2)CC1)Cc1ccc(O)cc1. The summed E-state index contributed by atoms with van der Waals surface area (Å²) in [6, 6.07) is 18.6. The molecule has 25 heavy (non-hydrogen) atoms. The first-order valence-electron chi connectivity index (χ1n) is 9.73. The van der Waals surface area contributed by atoms with Gasteiger partial charge in [0.15, 0.2) is 0 Å². The molecule has 0 radical (unpaired) electrons. The fourth-order valence-electron chi connectivity index (χ4n) is 3.90. The molecule has 0 saturated carbocycles. The van der Waals surface area contributed by atoms with Gasteiger partial charge in [-0.1, -0.05) is 49.4 Å². The minimum atomic E-state index is 0.356. The molecule has 134 valence electrons. The number of aromatic hydroxyl groups is 1. The number of likely N-dealkylation sites (tertiary alicyclic amines) is 1. The summed E-state index contributed by atoms with van der Waals surface area (Å²) in [7, 11) is 0. The number of phenolic OH excluding ortho intramolecular Hbond substituents is 1. The van der Waals surface area contributed by atoms with Crippen molar-refractivity contribution < 1.29 is 5.11 Å². The molecule has 1 unspecified atom stereocenters. The van der Waals surface area contributed by atoms with Crippen molar-refractivity contribution in [3.05, 3.63) is 65.7 Å². The number of rotatable bonds is 7. The molecule has 2 aromatic rings. The Morgan fingerprint density at radius 3 is 2.32 bits per heavy atom. The minimum absolute atomic E-state index is 0.356. The zero-order valence-corrected chi connectivity index (χ0v) is 15.4. The van der Waals surface area contributed by atoms with Gasteiger partial charge < -0.3 is 10.0 Å².